The average molecular weight is 267 g/mol. The van der Waals surface area contributed by atoms with E-state index in [4.69, 9.17) is 0 Å². The number of hydrazine groups is 1. The highest BCUT2D eigenvalue weighted by atomic mass is 16.2. The highest BCUT2D eigenvalue weighted by molar-refractivity contribution is 5.82. The maximum Gasteiger partial charge on any atom is 0.241 e. The smallest absolute Gasteiger partial charge is 0.241 e. The van der Waals surface area contributed by atoms with Crippen LogP contribution in [0.4, 0.5) is 0 Å². The minimum absolute atomic E-state index is 0.199. The summed E-state index contributed by atoms with van der Waals surface area (Å²) >= 11 is 0. The van der Waals surface area contributed by atoms with Gasteiger partial charge >= 0.3 is 0 Å². The molecule has 0 aromatic heterocycles. The molecule has 110 valence electrons. The Kier molecular flexibility index (Phi) is 4.85. The summed E-state index contributed by atoms with van der Waals surface area (Å²) < 4.78 is 0. The SMILES string of the molecule is CCC1(C(=O)NN2C(C)CCCC2C)CCCNC1. The summed E-state index contributed by atoms with van der Waals surface area (Å²) in [5.74, 6) is 0.225. The van der Waals surface area contributed by atoms with Gasteiger partial charge in [0.1, 0.15) is 0 Å². The number of nitrogens with one attached hydrogen (secondary N) is 2. The van der Waals surface area contributed by atoms with Gasteiger partial charge in [0.2, 0.25) is 5.91 Å². The maximum absolute atomic E-state index is 12.7. The molecular weight excluding hydrogens is 238 g/mol. The Labute approximate surface area is 117 Å². The predicted octanol–water partition coefficient (Wildman–Crippen LogP) is 2.06. The monoisotopic (exact) mass is 267 g/mol. The maximum atomic E-state index is 12.7. The molecule has 0 aliphatic carbocycles. The van der Waals surface area contributed by atoms with Gasteiger partial charge in [-0.25, -0.2) is 5.01 Å². The molecule has 4 nitrogen and oxygen atoms in total. The highest BCUT2D eigenvalue weighted by Gasteiger charge is 2.39. The van der Waals surface area contributed by atoms with E-state index in [9.17, 15) is 4.79 Å². The normalized spacial score (nSPS) is 37.0. The standard InChI is InChI=1S/C15H29N3O/c1-4-15(9-6-10-16-11-15)14(19)17-18-12(2)7-5-8-13(18)3/h12-13,16H,4-11H2,1-3H3,(H,17,19). The molecule has 0 aromatic rings. The molecule has 2 N–H and O–H groups in total. The Morgan fingerprint density at radius 3 is 2.53 bits per heavy atom. The van der Waals surface area contributed by atoms with Gasteiger partial charge < -0.3 is 5.32 Å². The van der Waals surface area contributed by atoms with E-state index in [0.717, 1.165) is 32.4 Å². The van der Waals surface area contributed by atoms with Gasteiger partial charge in [-0.2, -0.15) is 0 Å². The van der Waals surface area contributed by atoms with E-state index in [1.807, 2.05) is 0 Å². The summed E-state index contributed by atoms with van der Waals surface area (Å²) in [6.45, 7) is 8.44. The van der Waals surface area contributed by atoms with Gasteiger partial charge in [-0.15, -0.1) is 0 Å². The molecule has 0 aromatic carbocycles. The van der Waals surface area contributed by atoms with Crippen molar-refractivity contribution in [3.63, 3.8) is 0 Å². The van der Waals surface area contributed by atoms with Crippen LogP contribution >= 0.6 is 0 Å². The van der Waals surface area contributed by atoms with E-state index < -0.39 is 0 Å². The lowest BCUT2D eigenvalue weighted by molar-refractivity contribution is -0.141. The Balaban J connectivity index is 2.02. The molecule has 3 unspecified atom stereocenters. The van der Waals surface area contributed by atoms with Gasteiger partial charge in [-0.1, -0.05) is 13.3 Å². The zero-order chi connectivity index (χ0) is 13.9. The molecule has 3 atom stereocenters. The fourth-order valence-corrected chi connectivity index (χ4v) is 3.50. The largest absolute Gasteiger partial charge is 0.316 e. The van der Waals surface area contributed by atoms with E-state index in [1.165, 1.54) is 19.3 Å². The lowest BCUT2D eigenvalue weighted by Crippen LogP contribution is -2.59. The van der Waals surface area contributed by atoms with Crippen molar-refractivity contribution < 1.29 is 4.79 Å². The van der Waals surface area contributed by atoms with Crippen LogP contribution in [0.25, 0.3) is 0 Å². The second-order valence-corrected chi connectivity index (χ2v) is 6.39. The molecule has 2 heterocycles. The third-order valence-electron chi connectivity index (χ3n) is 5.05. The molecule has 0 bridgehead atoms. The molecule has 2 fully saturated rings. The van der Waals surface area contributed by atoms with Crippen LogP contribution < -0.4 is 10.7 Å². The molecule has 0 saturated carbocycles. The Bertz CT molecular complexity index is 303. The molecule has 2 rings (SSSR count). The van der Waals surface area contributed by atoms with E-state index in [2.05, 4.69) is 36.5 Å². The summed E-state index contributed by atoms with van der Waals surface area (Å²) in [7, 11) is 0. The molecule has 2 aliphatic rings. The van der Waals surface area contributed by atoms with Crippen LogP contribution in [0, 0.1) is 5.41 Å². The number of nitrogens with zero attached hydrogens (tertiary/aromatic N) is 1. The van der Waals surface area contributed by atoms with Crippen molar-refractivity contribution in [1.82, 2.24) is 15.8 Å². The van der Waals surface area contributed by atoms with E-state index >= 15 is 0 Å². The van der Waals surface area contributed by atoms with Crippen molar-refractivity contribution in [1.29, 1.82) is 0 Å². The second-order valence-electron chi connectivity index (χ2n) is 6.39. The van der Waals surface area contributed by atoms with Gasteiger partial charge in [0.15, 0.2) is 0 Å². The van der Waals surface area contributed by atoms with Crippen LogP contribution in [0.3, 0.4) is 0 Å². The first-order chi connectivity index (χ1) is 9.09. The first-order valence-corrected chi connectivity index (χ1v) is 7.89. The van der Waals surface area contributed by atoms with E-state index in [0.29, 0.717) is 12.1 Å². The average Bonchev–Trinajstić information content (AvgIpc) is 2.43. The second kappa shape index (κ2) is 6.23. The Hall–Kier alpha value is -0.610. The van der Waals surface area contributed by atoms with Crippen molar-refractivity contribution in [2.75, 3.05) is 13.1 Å². The number of rotatable bonds is 3. The van der Waals surface area contributed by atoms with E-state index in [-0.39, 0.29) is 11.3 Å². The first kappa shape index (κ1) is 14.8. The van der Waals surface area contributed by atoms with Gasteiger partial charge in [0.05, 0.1) is 5.41 Å². The minimum Gasteiger partial charge on any atom is -0.316 e. The van der Waals surface area contributed by atoms with Crippen LogP contribution in [-0.4, -0.2) is 36.1 Å². The number of hydrogen-bond acceptors (Lipinski definition) is 3. The number of amides is 1. The Morgan fingerprint density at radius 1 is 1.32 bits per heavy atom. The molecule has 0 radical (unpaired) electrons. The molecule has 2 aliphatic heterocycles. The van der Waals surface area contributed by atoms with Crippen molar-refractivity contribution >= 4 is 5.91 Å². The van der Waals surface area contributed by atoms with Crippen LogP contribution in [0.5, 0.6) is 0 Å². The lowest BCUT2D eigenvalue weighted by Gasteiger charge is -2.42. The predicted molar refractivity (Wildman–Crippen MR) is 77.6 cm³/mol. The Morgan fingerprint density at radius 2 is 2.00 bits per heavy atom. The summed E-state index contributed by atoms with van der Waals surface area (Å²) in [5, 5.41) is 5.58. The van der Waals surface area contributed by atoms with Gasteiger partial charge in [-0.3, -0.25) is 10.2 Å². The molecule has 0 spiro atoms. The fraction of sp³-hybridized carbons (Fsp3) is 0.933. The highest BCUT2D eigenvalue weighted by Crippen LogP contribution is 2.31. The number of piperidine rings is 2. The summed E-state index contributed by atoms with van der Waals surface area (Å²) in [4.78, 5) is 12.7. The van der Waals surface area contributed by atoms with Crippen LogP contribution in [-0.2, 0) is 4.79 Å². The molecule has 19 heavy (non-hydrogen) atoms. The van der Waals surface area contributed by atoms with Crippen molar-refractivity contribution in [2.24, 2.45) is 5.41 Å². The minimum atomic E-state index is -0.199. The fourth-order valence-electron chi connectivity index (χ4n) is 3.50. The summed E-state index contributed by atoms with van der Waals surface area (Å²) in [6, 6.07) is 0.913. The third kappa shape index (κ3) is 3.11. The summed E-state index contributed by atoms with van der Waals surface area (Å²) in [6.07, 6.45) is 6.67. The summed E-state index contributed by atoms with van der Waals surface area (Å²) in [5.41, 5.74) is 3.03. The quantitative estimate of drug-likeness (QED) is 0.822. The van der Waals surface area contributed by atoms with Crippen LogP contribution in [0.1, 0.15) is 59.3 Å². The zero-order valence-corrected chi connectivity index (χ0v) is 12.7. The van der Waals surface area contributed by atoms with Crippen molar-refractivity contribution in [3.05, 3.63) is 0 Å². The third-order valence-corrected chi connectivity index (χ3v) is 5.05. The molecule has 1 amide bonds. The topological polar surface area (TPSA) is 44.4 Å². The van der Waals surface area contributed by atoms with Crippen LogP contribution in [0.15, 0.2) is 0 Å². The number of carbonyl (C=O) groups is 1. The number of hydrogen-bond donors (Lipinski definition) is 2. The van der Waals surface area contributed by atoms with Gasteiger partial charge in [0.25, 0.3) is 0 Å². The zero-order valence-electron chi connectivity index (χ0n) is 12.7. The lowest BCUT2D eigenvalue weighted by atomic mass is 9.77. The van der Waals surface area contributed by atoms with Crippen molar-refractivity contribution in [2.45, 2.75) is 71.4 Å². The number of carbonyl (C=O) groups excluding carboxylic acids is 1. The van der Waals surface area contributed by atoms with Crippen LogP contribution in [0.2, 0.25) is 0 Å². The first-order valence-electron chi connectivity index (χ1n) is 7.89. The van der Waals surface area contributed by atoms with Crippen molar-refractivity contribution in [3.8, 4) is 0 Å². The molecular formula is C15H29N3O. The van der Waals surface area contributed by atoms with Gasteiger partial charge in [-0.05, 0) is 52.5 Å². The van der Waals surface area contributed by atoms with E-state index in [1.54, 1.807) is 0 Å². The van der Waals surface area contributed by atoms with Gasteiger partial charge in [0, 0.05) is 18.6 Å². The molecule has 2 saturated heterocycles. The molecule has 4 heteroatoms.